The van der Waals surface area contributed by atoms with Crippen LogP contribution >= 0.6 is 22.7 Å². The predicted molar refractivity (Wildman–Crippen MR) is 59.4 cm³/mol. The fraction of sp³-hybridized carbons (Fsp3) is 0. The molecule has 2 rings (SSSR count). The molecule has 0 aliphatic rings. The number of nitrogens with two attached hydrogens (primary N) is 1. The normalized spacial score (nSPS) is 11.1. The van der Waals surface area contributed by atoms with E-state index in [4.69, 9.17) is 5.84 Å². The molecular weight excluding hydrogens is 200 g/mol. The van der Waals surface area contributed by atoms with Crippen LogP contribution in [-0.2, 0) is 0 Å². The first-order valence-electron chi connectivity index (χ1n) is 3.77. The van der Waals surface area contributed by atoms with Crippen molar-refractivity contribution in [3.63, 3.8) is 0 Å². The molecule has 0 saturated heterocycles. The zero-order valence-electron chi connectivity index (χ0n) is 6.81. The van der Waals surface area contributed by atoms with E-state index in [1.807, 2.05) is 6.07 Å². The zero-order chi connectivity index (χ0) is 9.10. The summed E-state index contributed by atoms with van der Waals surface area (Å²) in [7, 11) is 0. The number of hydrogen-bond donors (Lipinski definition) is 1. The van der Waals surface area contributed by atoms with E-state index in [0.717, 1.165) is 4.88 Å². The molecule has 0 bridgehead atoms. The van der Waals surface area contributed by atoms with E-state index in [1.54, 1.807) is 28.9 Å². The van der Waals surface area contributed by atoms with Gasteiger partial charge in [0.1, 0.15) is 0 Å². The van der Waals surface area contributed by atoms with Gasteiger partial charge >= 0.3 is 0 Å². The molecule has 2 nitrogen and oxygen atoms in total. The summed E-state index contributed by atoms with van der Waals surface area (Å²) >= 11 is 3.44. The Morgan fingerprint density at radius 3 is 2.85 bits per heavy atom. The minimum absolute atomic E-state index is 1.09. The Bertz CT molecular complexity index is 401. The lowest BCUT2D eigenvalue weighted by Gasteiger charge is -1.86. The summed E-state index contributed by atoms with van der Waals surface area (Å²) in [6.07, 6.45) is 1.67. The Morgan fingerprint density at radius 1 is 1.23 bits per heavy atom. The van der Waals surface area contributed by atoms with Gasteiger partial charge in [-0.2, -0.15) is 5.10 Å². The van der Waals surface area contributed by atoms with Crippen LogP contribution in [0.4, 0.5) is 0 Å². The molecule has 13 heavy (non-hydrogen) atoms. The summed E-state index contributed by atoms with van der Waals surface area (Å²) < 4.78 is 0. The lowest BCUT2D eigenvalue weighted by molar-refractivity contribution is 1.27. The Morgan fingerprint density at radius 2 is 2.15 bits per heavy atom. The summed E-state index contributed by atoms with van der Waals surface area (Å²) in [5.74, 6) is 5.07. The fourth-order valence-corrected chi connectivity index (χ4v) is 2.77. The van der Waals surface area contributed by atoms with Crippen molar-refractivity contribution in [1.82, 2.24) is 0 Å². The van der Waals surface area contributed by atoms with Crippen molar-refractivity contribution < 1.29 is 0 Å². The smallest absolute Gasteiger partial charge is 0.0638 e. The molecule has 0 amide bonds. The quantitative estimate of drug-likeness (QED) is 0.460. The number of rotatable bonds is 2. The van der Waals surface area contributed by atoms with Crippen molar-refractivity contribution in [2.45, 2.75) is 0 Å². The lowest BCUT2D eigenvalue weighted by Crippen LogP contribution is -1.80. The first kappa shape index (κ1) is 8.47. The van der Waals surface area contributed by atoms with Crippen molar-refractivity contribution in [3.05, 3.63) is 34.5 Å². The first-order chi connectivity index (χ1) is 6.40. The van der Waals surface area contributed by atoms with Crippen LogP contribution in [0.1, 0.15) is 4.88 Å². The van der Waals surface area contributed by atoms with Gasteiger partial charge in [0.25, 0.3) is 0 Å². The van der Waals surface area contributed by atoms with Crippen LogP contribution in [0, 0.1) is 0 Å². The molecule has 0 aliphatic heterocycles. The van der Waals surface area contributed by atoms with Gasteiger partial charge in [-0.3, -0.25) is 0 Å². The fourth-order valence-electron chi connectivity index (χ4n) is 1.05. The molecular formula is C9H8N2S2. The predicted octanol–water partition coefficient (Wildman–Crippen LogP) is 2.77. The molecule has 66 valence electrons. The Hall–Kier alpha value is -1.13. The molecule has 0 radical (unpaired) electrons. The molecule has 0 fully saturated rings. The van der Waals surface area contributed by atoms with Crippen LogP contribution in [0.2, 0.25) is 0 Å². The van der Waals surface area contributed by atoms with E-state index in [1.165, 1.54) is 9.75 Å². The van der Waals surface area contributed by atoms with E-state index in [-0.39, 0.29) is 0 Å². The first-order valence-corrected chi connectivity index (χ1v) is 5.47. The van der Waals surface area contributed by atoms with Crippen molar-refractivity contribution in [2.24, 2.45) is 10.9 Å². The molecule has 0 aliphatic carbocycles. The van der Waals surface area contributed by atoms with Gasteiger partial charge in [0, 0.05) is 14.6 Å². The molecule has 0 aromatic carbocycles. The van der Waals surface area contributed by atoms with Gasteiger partial charge in [0.05, 0.1) is 6.21 Å². The summed E-state index contributed by atoms with van der Waals surface area (Å²) in [6.45, 7) is 0. The second kappa shape index (κ2) is 3.72. The largest absolute Gasteiger partial charge is 0.323 e. The number of nitrogens with zero attached hydrogens (tertiary/aromatic N) is 1. The third-order valence-electron chi connectivity index (χ3n) is 1.59. The van der Waals surface area contributed by atoms with Crippen LogP contribution in [0.5, 0.6) is 0 Å². The zero-order valence-corrected chi connectivity index (χ0v) is 8.44. The molecule has 2 aromatic heterocycles. The number of hydrazone groups is 1. The second-order valence-electron chi connectivity index (χ2n) is 2.46. The topological polar surface area (TPSA) is 38.4 Å². The molecule has 2 heterocycles. The Labute approximate surface area is 84.3 Å². The van der Waals surface area contributed by atoms with Crippen molar-refractivity contribution in [2.75, 3.05) is 0 Å². The highest BCUT2D eigenvalue weighted by Gasteiger charge is 2.01. The van der Waals surface area contributed by atoms with E-state index in [9.17, 15) is 0 Å². The second-order valence-corrected chi connectivity index (χ2v) is 4.52. The van der Waals surface area contributed by atoms with Gasteiger partial charge in [-0.15, -0.1) is 22.7 Å². The standard InChI is InChI=1S/C9H8N2S2/c10-11-6-7-3-4-9(13-7)8-2-1-5-12-8/h1-6H,10H2. The SMILES string of the molecule is NN=Cc1ccc(-c2cccs2)s1. The van der Waals surface area contributed by atoms with E-state index in [2.05, 4.69) is 28.7 Å². The van der Waals surface area contributed by atoms with Gasteiger partial charge in [-0.25, -0.2) is 0 Å². The van der Waals surface area contributed by atoms with Gasteiger partial charge < -0.3 is 5.84 Å². The van der Waals surface area contributed by atoms with E-state index >= 15 is 0 Å². The summed E-state index contributed by atoms with van der Waals surface area (Å²) in [6, 6.07) is 8.28. The highest BCUT2D eigenvalue weighted by Crippen LogP contribution is 2.30. The van der Waals surface area contributed by atoms with Crippen LogP contribution < -0.4 is 5.84 Å². The summed E-state index contributed by atoms with van der Waals surface area (Å²) in [4.78, 5) is 3.65. The third kappa shape index (κ3) is 1.79. The molecule has 0 atom stereocenters. The van der Waals surface area contributed by atoms with E-state index < -0.39 is 0 Å². The molecule has 2 N–H and O–H groups in total. The number of thiophene rings is 2. The van der Waals surface area contributed by atoms with Crippen molar-refractivity contribution in [3.8, 4) is 9.75 Å². The van der Waals surface area contributed by atoms with Crippen LogP contribution in [0.25, 0.3) is 9.75 Å². The third-order valence-corrected chi connectivity index (χ3v) is 3.68. The van der Waals surface area contributed by atoms with Gasteiger partial charge in [0.2, 0.25) is 0 Å². The van der Waals surface area contributed by atoms with Crippen LogP contribution in [0.15, 0.2) is 34.7 Å². The van der Waals surface area contributed by atoms with Gasteiger partial charge in [-0.1, -0.05) is 6.07 Å². The highest BCUT2D eigenvalue weighted by molar-refractivity contribution is 7.22. The molecule has 0 spiro atoms. The minimum atomic E-state index is 1.09. The molecule has 0 saturated carbocycles. The summed E-state index contributed by atoms with van der Waals surface area (Å²) in [5.41, 5.74) is 0. The van der Waals surface area contributed by atoms with Crippen molar-refractivity contribution >= 4 is 28.9 Å². The number of hydrogen-bond acceptors (Lipinski definition) is 4. The molecule has 0 unspecified atom stereocenters. The van der Waals surface area contributed by atoms with Crippen LogP contribution in [-0.4, -0.2) is 6.21 Å². The van der Waals surface area contributed by atoms with Crippen molar-refractivity contribution in [1.29, 1.82) is 0 Å². The maximum atomic E-state index is 5.07. The average Bonchev–Trinajstić information content (AvgIpc) is 2.70. The Balaban J connectivity index is 2.33. The monoisotopic (exact) mass is 208 g/mol. The maximum Gasteiger partial charge on any atom is 0.0638 e. The summed E-state index contributed by atoms with van der Waals surface area (Å²) in [5, 5.41) is 5.56. The molecule has 4 heteroatoms. The minimum Gasteiger partial charge on any atom is -0.323 e. The lowest BCUT2D eigenvalue weighted by atomic mass is 10.4. The average molecular weight is 208 g/mol. The van der Waals surface area contributed by atoms with E-state index in [0.29, 0.717) is 0 Å². The van der Waals surface area contributed by atoms with Gasteiger partial charge in [-0.05, 0) is 23.6 Å². The van der Waals surface area contributed by atoms with Crippen LogP contribution in [0.3, 0.4) is 0 Å². The highest BCUT2D eigenvalue weighted by atomic mass is 32.1. The Kier molecular flexibility index (Phi) is 2.42. The maximum absolute atomic E-state index is 5.07. The molecule has 2 aromatic rings. The van der Waals surface area contributed by atoms with Gasteiger partial charge in [0.15, 0.2) is 0 Å².